The summed E-state index contributed by atoms with van der Waals surface area (Å²) in [7, 11) is 1.98. The number of ether oxygens (including phenoxy) is 1. The van der Waals surface area contributed by atoms with Crippen molar-refractivity contribution in [1.82, 2.24) is 9.88 Å². The van der Waals surface area contributed by atoms with Crippen LogP contribution in [0, 0.1) is 0 Å². The van der Waals surface area contributed by atoms with Gasteiger partial charge in [0.05, 0.1) is 22.3 Å². The van der Waals surface area contributed by atoms with E-state index in [-0.39, 0.29) is 18.1 Å². The van der Waals surface area contributed by atoms with Gasteiger partial charge in [-0.3, -0.25) is 4.79 Å². The first kappa shape index (κ1) is 25.3. The Morgan fingerprint density at radius 1 is 1.11 bits per heavy atom. The van der Waals surface area contributed by atoms with E-state index in [0.29, 0.717) is 46.6 Å². The van der Waals surface area contributed by atoms with Crippen LogP contribution >= 0.6 is 0 Å². The first-order valence-electron chi connectivity index (χ1n) is 12.3. The monoisotopic (exact) mass is 489 g/mol. The van der Waals surface area contributed by atoms with E-state index in [0.717, 1.165) is 36.8 Å². The second-order valence-corrected chi connectivity index (χ2v) is 9.14. The molecule has 1 aliphatic heterocycles. The molecule has 3 aromatic rings. The summed E-state index contributed by atoms with van der Waals surface area (Å²) in [5, 5.41) is 13.4. The maximum absolute atomic E-state index is 12.7. The number of fused-ring (bicyclic) bond motifs is 2. The average molecular weight is 490 g/mol. The molecule has 1 aromatic heterocycles. The number of nitrogens with zero attached hydrogens (tertiary/aromatic N) is 2. The van der Waals surface area contributed by atoms with Crippen LogP contribution in [0.5, 0.6) is 0 Å². The highest BCUT2D eigenvalue weighted by molar-refractivity contribution is 6.10. The Morgan fingerprint density at radius 2 is 1.92 bits per heavy atom. The van der Waals surface area contributed by atoms with Gasteiger partial charge in [-0.05, 0) is 55.4 Å². The fraction of sp³-hybridized carbons (Fsp3) is 0.357. The van der Waals surface area contributed by atoms with E-state index in [1.165, 1.54) is 0 Å². The van der Waals surface area contributed by atoms with E-state index in [1.54, 1.807) is 31.2 Å². The molecule has 8 heteroatoms. The zero-order valence-electron chi connectivity index (χ0n) is 20.9. The number of amides is 1. The van der Waals surface area contributed by atoms with Crippen molar-refractivity contribution in [1.29, 1.82) is 0 Å². The Kier molecular flexibility index (Phi) is 7.64. The highest BCUT2D eigenvalue weighted by Gasteiger charge is 2.29. The van der Waals surface area contributed by atoms with Gasteiger partial charge in [0.1, 0.15) is 6.61 Å². The number of anilines is 1. The molecular formula is C28H31N3O5. The Balaban J connectivity index is 1.83. The van der Waals surface area contributed by atoms with Gasteiger partial charge in [0.15, 0.2) is 0 Å². The molecule has 8 nitrogen and oxygen atoms in total. The predicted octanol–water partition coefficient (Wildman–Crippen LogP) is 5.24. The third-order valence-corrected chi connectivity index (χ3v) is 6.42. The SMILES string of the molecule is CCCCCN(C)Cc1cc(-c2c3c(nc4cc(NC(=O)CC)ccc24)COC3=O)ccc1C(=O)O. The van der Waals surface area contributed by atoms with Crippen molar-refractivity contribution in [3.63, 3.8) is 0 Å². The van der Waals surface area contributed by atoms with Crippen LogP contribution in [-0.4, -0.2) is 46.4 Å². The number of pyridine rings is 1. The Morgan fingerprint density at radius 3 is 2.64 bits per heavy atom. The highest BCUT2D eigenvalue weighted by atomic mass is 16.5. The van der Waals surface area contributed by atoms with Gasteiger partial charge in [0.2, 0.25) is 5.91 Å². The van der Waals surface area contributed by atoms with Crippen LogP contribution in [0.25, 0.3) is 22.0 Å². The molecule has 0 bridgehead atoms. The molecule has 36 heavy (non-hydrogen) atoms. The smallest absolute Gasteiger partial charge is 0.341 e. The van der Waals surface area contributed by atoms with Crippen molar-refractivity contribution in [2.24, 2.45) is 0 Å². The zero-order chi connectivity index (χ0) is 25.8. The summed E-state index contributed by atoms with van der Waals surface area (Å²) < 4.78 is 5.31. The number of rotatable bonds is 10. The molecule has 2 aromatic carbocycles. The van der Waals surface area contributed by atoms with Gasteiger partial charge in [-0.2, -0.15) is 0 Å². The number of aromatic carboxylic acids is 1. The Labute approximate surface area is 210 Å². The number of unbranched alkanes of at least 4 members (excludes halogenated alkanes) is 2. The van der Waals surface area contributed by atoms with Gasteiger partial charge in [-0.1, -0.05) is 38.8 Å². The predicted molar refractivity (Wildman–Crippen MR) is 138 cm³/mol. The summed E-state index contributed by atoms with van der Waals surface area (Å²) in [4.78, 5) is 43.3. The van der Waals surface area contributed by atoms with E-state index in [1.807, 2.05) is 19.2 Å². The molecule has 1 aliphatic rings. The third-order valence-electron chi connectivity index (χ3n) is 6.42. The summed E-state index contributed by atoms with van der Waals surface area (Å²) in [5.74, 6) is -1.54. The number of carbonyl (C=O) groups is 3. The molecule has 0 saturated heterocycles. The van der Waals surface area contributed by atoms with Crippen LogP contribution in [0.1, 0.15) is 71.5 Å². The summed E-state index contributed by atoms with van der Waals surface area (Å²) in [6.45, 7) is 5.34. The van der Waals surface area contributed by atoms with Crippen molar-refractivity contribution in [2.45, 2.75) is 52.7 Å². The lowest BCUT2D eigenvalue weighted by Crippen LogP contribution is -2.20. The average Bonchev–Trinajstić information content (AvgIpc) is 3.22. The molecule has 0 atom stereocenters. The van der Waals surface area contributed by atoms with Gasteiger partial charge in [0, 0.05) is 29.6 Å². The first-order chi connectivity index (χ1) is 17.3. The normalized spacial score (nSPS) is 12.6. The molecule has 0 unspecified atom stereocenters. The molecule has 0 aliphatic carbocycles. The molecule has 2 N–H and O–H groups in total. The standard InChI is InChI=1S/C28H31N3O5/c1-4-6-7-12-31(3)15-18-13-17(8-10-20(18)27(33)34)25-21-11-9-19(29-24(32)5-2)14-22(21)30-23-16-36-28(35)26(23)25/h8-11,13-14H,4-7,12,15-16H2,1-3H3,(H,29,32)(H,33,34). The molecule has 2 heterocycles. The number of cyclic esters (lactones) is 1. The maximum atomic E-state index is 12.7. The summed E-state index contributed by atoms with van der Waals surface area (Å²) in [5.41, 5.74) is 4.48. The van der Waals surface area contributed by atoms with Crippen molar-refractivity contribution in [2.75, 3.05) is 18.9 Å². The minimum atomic E-state index is -0.987. The molecule has 1 amide bonds. The number of hydrogen-bond acceptors (Lipinski definition) is 6. The van der Waals surface area contributed by atoms with Crippen LogP contribution in [0.15, 0.2) is 36.4 Å². The molecule has 4 rings (SSSR count). The summed E-state index contributed by atoms with van der Waals surface area (Å²) in [6, 6.07) is 10.6. The first-order valence-corrected chi connectivity index (χ1v) is 12.3. The quantitative estimate of drug-likeness (QED) is 0.296. The summed E-state index contributed by atoms with van der Waals surface area (Å²) in [6.07, 6.45) is 3.63. The van der Waals surface area contributed by atoms with Gasteiger partial charge < -0.3 is 20.1 Å². The largest absolute Gasteiger partial charge is 0.478 e. The number of carboxylic acid groups (broad SMARTS) is 1. The lowest BCUT2D eigenvalue weighted by Gasteiger charge is -2.19. The minimum absolute atomic E-state index is 0.0723. The van der Waals surface area contributed by atoms with Crippen molar-refractivity contribution in [3.8, 4) is 11.1 Å². The molecular weight excluding hydrogens is 458 g/mol. The Bertz CT molecular complexity index is 1330. The number of aromatic nitrogens is 1. The van der Waals surface area contributed by atoms with Crippen LogP contribution in [-0.2, 0) is 22.7 Å². The van der Waals surface area contributed by atoms with E-state index in [4.69, 9.17) is 4.74 Å². The second kappa shape index (κ2) is 10.9. The number of hydrogen-bond donors (Lipinski definition) is 2. The van der Waals surface area contributed by atoms with E-state index in [9.17, 15) is 19.5 Å². The number of nitrogens with one attached hydrogen (secondary N) is 1. The van der Waals surface area contributed by atoms with Gasteiger partial charge in [-0.25, -0.2) is 14.6 Å². The van der Waals surface area contributed by atoms with Crippen LogP contribution in [0.3, 0.4) is 0 Å². The molecule has 0 spiro atoms. The fourth-order valence-corrected chi connectivity index (χ4v) is 4.56. The van der Waals surface area contributed by atoms with Crippen molar-refractivity contribution < 1.29 is 24.2 Å². The summed E-state index contributed by atoms with van der Waals surface area (Å²) >= 11 is 0. The number of carboxylic acids is 1. The van der Waals surface area contributed by atoms with Gasteiger partial charge in [0.25, 0.3) is 0 Å². The number of carbonyl (C=O) groups excluding carboxylic acids is 2. The lowest BCUT2D eigenvalue weighted by atomic mass is 9.92. The molecule has 0 radical (unpaired) electrons. The third kappa shape index (κ3) is 5.23. The number of esters is 1. The van der Waals surface area contributed by atoms with Gasteiger partial charge >= 0.3 is 11.9 Å². The maximum Gasteiger partial charge on any atom is 0.341 e. The topological polar surface area (TPSA) is 109 Å². The highest BCUT2D eigenvalue weighted by Crippen LogP contribution is 2.38. The second-order valence-electron chi connectivity index (χ2n) is 9.14. The van der Waals surface area contributed by atoms with E-state index >= 15 is 0 Å². The van der Waals surface area contributed by atoms with Crippen LogP contribution < -0.4 is 5.32 Å². The minimum Gasteiger partial charge on any atom is -0.478 e. The lowest BCUT2D eigenvalue weighted by molar-refractivity contribution is -0.115. The Hall–Kier alpha value is -3.78. The van der Waals surface area contributed by atoms with Crippen molar-refractivity contribution in [3.05, 3.63) is 58.8 Å². The molecule has 0 saturated carbocycles. The van der Waals surface area contributed by atoms with E-state index in [2.05, 4.69) is 22.1 Å². The van der Waals surface area contributed by atoms with Crippen molar-refractivity contribution >= 4 is 34.4 Å². The number of benzene rings is 2. The molecule has 188 valence electrons. The van der Waals surface area contributed by atoms with Gasteiger partial charge in [-0.15, -0.1) is 0 Å². The fourth-order valence-electron chi connectivity index (χ4n) is 4.56. The molecule has 0 fully saturated rings. The zero-order valence-corrected chi connectivity index (χ0v) is 20.9. The van der Waals surface area contributed by atoms with E-state index < -0.39 is 11.9 Å². The van der Waals surface area contributed by atoms with Crippen LogP contribution in [0.2, 0.25) is 0 Å². The van der Waals surface area contributed by atoms with Crippen LogP contribution in [0.4, 0.5) is 5.69 Å².